The summed E-state index contributed by atoms with van der Waals surface area (Å²) in [5.41, 5.74) is 1.70. The Bertz CT molecular complexity index is 709. The van der Waals surface area contributed by atoms with Crippen molar-refractivity contribution in [3.05, 3.63) is 52.5 Å². The van der Waals surface area contributed by atoms with E-state index < -0.39 is 6.23 Å². The molecule has 1 aliphatic heterocycles. The molecule has 1 atom stereocenters. The third-order valence-electron chi connectivity index (χ3n) is 4.09. The fourth-order valence-corrected chi connectivity index (χ4v) is 3.29. The van der Waals surface area contributed by atoms with Crippen LogP contribution in [-0.2, 0) is 16.1 Å². The van der Waals surface area contributed by atoms with Gasteiger partial charge in [-0.2, -0.15) is 0 Å². The molecule has 25 heavy (non-hydrogen) atoms. The summed E-state index contributed by atoms with van der Waals surface area (Å²) in [6, 6.07) is 7.25. The average Bonchev–Trinajstić information content (AvgIpc) is 2.64. The van der Waals surface area contributed by atoms with Crippen LogP contribution in [0.25, 0.3) is 0 Å². The molecule has 3 rings (SSSR count). The van der Waals surface area contributed by atoms with Crippen molar-refractivity contribution in [3.63, 3.8) is 0 Å². The van der Waals surface area contributed by atoms with Gasteiger partial charge in [0.1, 0.15) is 6.33 Å². The number of piperazine rings is 1. The fourth-order valence-electron chi connectivity index (χ4n) is 2.76. The zero-order chi connectivity index (χ0) is 17.6. The lowest BCUT2D eigenvalue weighted by Crippen LogP contribution is -2.51. The molecule has 8 heteroatoms. The summed E-state index contributed by atoms with van der Waals surface area (Å²) in [4.78, 5) is 23.6. The highest BCUT2D eigenvalue weighted by Crippen LogP contribution is 2.29. The fraction of sp³-hybridized carbons (Fsp3) is 0.353. The Balaban J connectivity index is 1.55. The van der Waals surface area contributed by atoms with E-state index in [4.69, 9.17) is 27.9 Å². The van der Waals surface area contributed by atoms with Gasteiger partial charge in [-0.25, -0.2) is 9.97 Å². The molecule has 1 saturated heterocycles. The highest BCUT2D eigenvalue weighted by Gasteiger charge is 2.25. The average molecular weight is 381 g/mol. The van der Waals surface area contributed by atoms with Crippen LogP contribution in [0, 0.1) is 0 Å². The van der Waals surface area contributed by atoms with Crippen LogP contribution in [0.4, 0.5) is 5.69 Å². The molecule has 1 aromatic heterocycles. The topological polar surface area (TPSA) is 58.6 Å². The Kier molecular flexibility index (Phi) is 6.20. The van der Waals surface area contributed by atoms with Crippen LogP contribution in [0.5, 0.6) is 0 Å². The molecule has 0 radical (unpaired) electrons. The van der Waals surface area contributed by atoms with Gasteiger partial charge >= 0.3 is 0 Å². The maximum Gasteiger partial charge on any atom is 0.167 e. The molecule has 0 spiro atoms. The van der Waals surface area contributed by atoms with Crippen molar-refractivity contribution in [2.24, 2.45) is 0 Å². The summed E-state index contributed by atoms with van der Waals surface area (Å²) in [5.74, 6) is 0. The van der Waals surface area contributed by atoms with Crippen LogP contribution in [0.2, 0.25) is 10.0 Å². The van der Waals surface area contributed by atoms with Crippen molar-refractivity contribution in [3.8, 4) is 0 Å². The molecule has 2 aromatic rings. The lowest BCUT2D eigenvalue weighted by molar-refractivity contribution is -0.133. The lowest BCUT2D eigenvalue weighted by Gasteiger charge is -2.38. The van der Waals surface area contributed by atoms with Gasteiger partial charge in [-0.1, -0.05) is 23.2 Å². The number of benzene rings is 1. The minimum absolute atomic E-state index is 0.273. The molecule has 1 aromatic carbocycles. The number of rotatable bonds is 6. The van der Waals surface area contributed by atoms with Gasteiger partial charge < -0.3 is 9.64 Å². The number of aldehydes is 1. The second-order valence-corrected chi connectivity index (χ2v) is 6.50. The Labute approximate surface area is 156 Å². The van der Waals surface area contributed by atoms with Crippen LogP contribution in [0.15, 0.2) is 36.8 Å². The van der Waals surface area contributed by atoms with Gasteiger partial charge in [0.2, 0.25) is 0 Å². The number of nitrogens with zero attached hydrogens (tertiary/aromatic N) is 4. The first-order chi connectivity index (χ1) is 12.2. The molecule has 0 amide bonds. The predicted molar refractivity (Wildman–Crippen MR) is 96.9 cm³/mol. The molecule has 2 heterocycles. The Hall–Kier alpha value is -1.73. The Morgan fingerprint density at radius 2 is 2.00 bits per heavy atom. The lowest BCUT2D eigenvalue weighted by atomic mass is 10.2. The zero-order valence-corrected chi connectivity index (χ0v) is 15.0. The van der Waals surface area contributed by atoms with Gasteiger partial charge in [-0.3, -0.25) is 9.69 Å². The van der Waals surface area contributed by atoms with Gasteiger partial charge in [-0.15, -0.1) is 0 Å². The number of carbonyl (C=O) groups excluding carboxylic acids is 1. The number of ether oxygens (including phenoxy) is 1. The van der Waals surface area contributed by atoms with Crippen LogP contribution in [-0.4, -0.2) is 53.6 Å². The summed E-state index contributed by atoms with van der Waals surface area (Å²) in [5, 5.41) is 1.25. The summed E-state index contributed by atoms with van der Waals surface area (Å²) in [6.07, 6.45) is 3.35. The minimum Gasteiger partial charge on any atom is -0.368 e. The highest BCUT2D eigenvalue weighted by atomic mass is 35.5. The van der Waals surface area contributed by atoms with E-state index in [2.05, 4.69) is 14.9 Å². The van der Waals surface area contributed by atoms with Gasteiger partial charge in [-0.05, 0) is 24.3 Å². The van der Waals surface area contributed by atoms with Crippen molar-refractivity contribution in [2.45, 2.75) is 12.8 Å². The number of hydrogen-bond donors (Lipinski definition) is 0. The number of halogens is 2. The van der Waals surface area contributed by atoms with E-state index >= 15 is 0 Å². The quantitative estimate of drug-likeness (QED) is 0.718. The molecular weight excluding hydrogens is 363 g/mol. The van der Waals surface area contributed by atoms with Crippen LogP contribution in [0.1, 0.15) is 5.69 Å². The van der Waals surface area contributed by atoms with Crippen LogP contribution in [0.3, 0.4) is 0 Å². The summed E-state index contributed by atoms with van der Waals surface area (Å²) < 4.78 is 5.70. The van der Waals surface area contributed by atoms with Crippen molar-refractivity contribution < 1.29 is 9.53 Å². The predicted octanol–water partition coefficient (Wildman–Crippen LogP) is 2.65. The molecule has 1 fully saturated rings. The minimum atomic E-state index is -0.585. The molecular formula is C17H18Cl2N4O2. The molecule has 1 aliphatic rings. The zero-order valence-electron chi connectivity index (χ0n) is 13.5. The van der Waals surface area contributed by atoms with Gasteiger partial charge in [0.05, 0.1) is 23.0 Å². The number of anilines is 1. The van der Waals surface area contributed by atoms with Crippen LogP contribution >= 0.6 is 23.2 Å². The van der Waals surface area contributed by atoms with E-state index in [0.29, 0.717) is 23.1 Å². The van der Waals surface area contributed by atoms with E-state index in [9.17, 15) is 4.79 Å². The molecule has 0 aliphatic carbocycles. The second-order valence-electron chi connectivity index (χ2n) is 5.66. The summed E-state index contributed by atoms with van der Waals surface area (Å²) in [7, 11) is 0. The van der Waals surface area contributed by atoms with E-state index in [-0.39, 0.29) is 6.61 Å². The van der Waals surface area contributed by atoms with Gasteiger partial charge in [0.15, 0.2) is 12.5 Å². The van der Waals surface area contributed by atoms with Gasteiger partial charge in [0.25, 0.3) is 0 Å². The molecule has 0 N–H and O–H groups in total. The first-order valence-corrected chi connectivity index (χ1v) is 8.69. The van der Waals surface area contributed by atoms with E-state index in [1.165, 1.54) is 6.33 Å². The largest absolute Gasteiger partial charge is 0.368 e. The molecule has 132 valence electrons. The smallest absolute Gasteiger partial charge is 0.167 e. The third-order valence-corrected chi connectivity index (χ3v) is 4.62. The monoisotopic (exact) mass is 380 g/mol. The number of hydrogen-bond acceptors (Lipinski definition) is 6. The van der Waals surface area contributed by atoms with Crippen molar-refractivity contribution in [2.75, 3.05) is 31.1 Å². The molecule has 0 saturated carbocycles. The molecule has 1 unspecified atom stereocenters. The van der Waals surface area contributed by atoms with Crippen molar-refractivity contribution in [1.29, 1.82) is 0 Å². The summed E-state index contributed by atoms with van der Waals surface area (Å²) in [6.45, 7) is 3.18. The maximum atomic E-state index is 11.4. The standard InChI is InChI=1S/C17H18Cl2N4O2/c18-13-1-2-16(15(19)9-13)22-5-7-23(8-6-22)17(10-24)25-11-14-3-4-20-12-21-14/h1-4,9-10,12,17H,5-8,11H2. The Morgan fingerprint density at radius 3 is 2.64 bits per heavy atom. The highest BCUT2D eigenvalue weighted by molar-refractivity contribution is 6.36. The first-order valence-electron chi connectivity index (χ1n) is 7.93. The SMILES string of the molecule is O=CC(OCc1ccncn1)N1CCN(c2ccc(Cl)cc2Cl)CC1. The maximum absolute atomic E-state index is 11.4. The molecule has 0 bridgehead atoms. The third kappa shape index (κ3) is 4.67. The summed E-state index contributed by atoms with van der Waals surface area (Å²) >= 11 is 12.2. The normalized spacial score (nSPS) is 16.6. The second kappa shape index (κ2) is 8.58. The first kappa shape index (κ1) is 18.1. The number of aromatic nitrogens is 2. The number of carbonyl (C=O) groups is 1. The van der Waals surface area contributed by atoms with Crippen molar-refractivity contribution in [1.82, 2.24) is 14.9 Å². The van der Waals surface area contributed by atoms with E-state index in [1.54, 1.807) is 18.3 Å². The van der Waals surface area contributed by atoms with E-state index in [0.717, 1.165) is 30.8 Å². The van der Waals surface area contributed by atoms with Crippen LogP contribution < -0.4 is 4.90 Å². The van der Waals surface area contributed by atoms with E-state index in [1.807, 2.05) is 17.0 Å². The molecule has 6 nitrogen and oxygen atoms in total. The van der Waals surface area contributed by atoms with Gasteiger partial charge in [0, 0.05) is 37.4 Å². The Morgan fingerprint density at radius 1 is 1.20 bits per heavy atom. The van der Waals surface area contributed by atoms with Crippen molar-refractivity contribution >= 4 is 35.2 Å².